The highest BCUT2D eigenvalue weighted by atomic mass is 16.3. The van der Waals surface area contributed by atoms with E-state index in [1.807, 2.05) is 29.9 Å². The van der Waals surface area contributed by atoms with Crippen LogP contribution in [-0.4, -0.2) is 14.7 Å². The number of benzene rings is 1. The Hall–Kier alpha value is -1.61. The van der Waals surface area contributed by atoms with Gasteiger partial charge in [-0.3, -0.25) is 0 Å². The summed E-state index contributed by atoms with van der Waals surface area (Å²) >= 11 is 0. The van der Waals surface area contributed by atoms with Gasteiger partial charge in [-0.25, -0.2) is 4.98 Å². The van der Waals surface area contributed by atoms with Crippen LogP contribution in [0.25, 0.3) is 0 Å². The van der Waals surface area contributed by atoms with Gasteiger partial charge in [0.25, 0.3) is 0 Å². The van der Waals surface area contributed by atoms with E-state index in [-0.39, 0.29) is 0 Å². The molecular weight excluding hydrogens is 224 g/mol. The summed E-state index contributed by atoms with van der Waals surface area (Å²) in [6.07, 6.45) is 6.88. The minimum absolute atomic E-state index is 0.638. The lowest BCUT2D eigenvalue weighted by molar-refractivity contribution is 0.206. The van der Waals surface area contributed by atoms with Gasteiger partial charge in [-0.05, 0) is 29.9 Å². The predicted octanol–water partition coefficient (Wildman–Crippen LogP) is 2.77. The zero-order valence-corrected chi connectivity index (χ0v) is 10.6. The third-order valence-corrected chi connectivity index (χ3v) is 3.93. The topological polar surface area (TPSA) is 38.0 Å². The summed E-state index contributed by atoms with van der Waals surface area (Å²) in [5, 5.41) is 10.3. The number of hydrogen-bond donors (Lipinski definition) is 1. The van der Waals surface area contributed by atoms with E-state index < -0.39 is 6.10 Å². The average Bonchev–Trinajstić information content (AvgIpc) is 2.73. The van der Waals surface area contributed by atoms with Crippen LogP contribution in [0.5, 0.6) is 0 Å². The lowest BCUT2D eigenvalue weighted by Crippen LogP contribution is -2.10. The minimum atomic E-state index is -0.638. The Morgan fingerprint density at radius 3 is 2.50 bits per heavy atom. The van der Waals surface area contributed by atoms with Crippen molar-refractivity contribution in [1.82, 2.24) is 9.55 Å². The number of aromatic nitrogens is 2. The Bertz CT molecular complexity index is 526. The Balaban J connectivity index is 1.82. The smallest absolute Gasteiger partial charge is 0.142 e. The van der Waals surface area contributed by atoms with Crippen molar-refractivity contribution in [2.75, 3.05) is 0 Å². The summed E-state index contributed by atoms with van der Waals surface area (Å²) < 4.78 is 1.85. The molecule has 1 aromatic carbocycles. The maximum atomic E-state index is 10.3. The number of imidazole rings is 1. The van der Waals surface area contributed by atoms with Crippen molar-refractivity contribution in [1.29, 1.82) is 0 Å². The Morgan fingerprint density at radius 1 is 1.28 bits per heavy atom. The lowest BCUT2D eigenvalue weighted by Gasteiger charge is -2.26. The van der Waals surface area contributed by atoms with Gasteiger partial charge >= 0.3 is 0 Å². The lowest BCUT2D eigenvalue weighted by atomic mass is 9.80. The van der Waals surface area contributed by atoms with Gasteiger partial charge in [0.15, 0.2) is 0 Å². The summed E-state index contributed by atoms with van der Waals surface area (Å²) in [7, 11) is 1.90. The van der Waals surface area contributed by atoms with Gasteiger partial charge in [0, 0.05) is 19.4 Å². The van der Waals surface area contributed by atoms with Gasteiger partial charge < -0.3 is 9.67 Å². The molecule has 1 aliphatic rings. The fourth-order valence-electron chi connectivity index (χ4n) is 2.48. The summed E-state index contributed by atoms with van der Waals surface area (Å²) in [6.45, 7) is 0. The van der Waals surface area contributed by atoms with Crippen molar-refractivity contribution in [3.05, 3.63) is 53.6 Å². The first-order chi connectivity index (χ1) is 8.75. The molecule has 1 N–H and O–H groups in total. The van der Waals surface area contributed by atoms with Crippen LogP contribution in [0.3, 0.4) is 0 Å². The average molecular weight is 242 g/mol. The highest BCUT2D eigenvalue weighted by Crippen LogP contribution is 2.36. The zero-order valence-electron chi connectivity index (χ0n) is 10.6. The standard InChI is InChI=1S/C15H18N2O/c1-17-10-9-16-15(17)14(18)13-7-5-12(6-8-13)11-3-2-4-11/h5-11,14,18H,2-4H2,1H3. The monoisotopic (exact) mass is 242 g/mol. The quantitative estimate of drug-likeness (QED) is 0.898. The van der Waals surface area contributed by atoms with Crippen LogP contribution in [0.4, 0.5) is 0 Å². The maximum absolute atomic E-state index is 10.3. The van der Waals surface area contributed by atoms with Crippen LogP contribution >= 0.6 is 0 Å². The number of rotatable bonds is 3. The highest BCUT2D eigenvalue weighted by Gasteiger charge is 2.20. The molecule has 1 saturated carbocycles. The molecule has 0 aliphatic heterocycles. The molecule has 0 radical (unpaired) electrons. The molecule has 1 aromatic heterocycles. The molecule has 3 nitrogen and oxygen atoms in total. The Kier molecular flexibility index (Phi) is 2.92. The van der Waals surface area contributed by atoms with E-state index in [0.29, 0.717) is 5.82 Å². The van der Waals surface area contributed by atoms with Gasteiger partial charge in [0.1, 0.15) is 11.9 Å². The van der Waals surface area contributed by atoms with Gasteiger partial charge in [-0.15, -0.1) is 0 Å². The summed E-state index contributed by atoms with van der Waals surface area (Å²) in [5.41, 5.74) is 2.31. The molecule has 2 aromatic rings. The molecule has 1 aliphatic carbocycles. The molecule has 1 atom stereocenters. The first-order valence-corrected chi connectivity index (χ1v) is 6.51. The van der Waals surface area contributed by atoms with Gasteiger partial charge in [0.05, 0.1) is 0 Å². The molecule has 1 unspecified atom stereocenters. The molecule has 18 heavy (non-hydrogen) atoms. The largest absolute Gasteiger partial charge is 0.380 e. The third kappa shape index (κ3) is 1.95. The van der Waals surface area contributed by atoms with E-state index >= 15 is 0 Å². The minimum Gasteiger partial charge on any atom is -0.380 e. The third-order valence-electron chi connectivity index (χ3n) is 3.93. The summed E-state index contributed by atoms with van der Waals surface area (Å²) in [5.74, 6) is 1.43. The van der Waals surface area contributed by atoms with E-state index in [4.69, 9.17) is 0 Å². The fraction of sp³-hybridized carbons (Fsp3) is 0.400. The number of nitrogens with zero attached hydrogens (tertiary/aromatic N) is 2. The number of aliphatic hydroxyl groups excluding tert-OH is 1. The van der Waals surface area contributed by atoms with E-state index in [0.717, 1.165) is 11.5 Å². The van der Waals surface area contributed by atoms with Gasteiger partial charge in [-0.1, -0.05) is 30.7 Å². The van der Waals surface area contributed by atoms with Crippen molar-refractivity contribution in [2.24, 2.45) is 7.05 Å². The number of aliphatic hydroxyl groups is 1. The summed E-state index contributed by atoms with van der Waals surface area (Å²) in [6, 6.07) is 8.33. The Labute approximate surface area is 107 Å². The second-order valence-corrected chi connectivity index (χ2v) is 5.09. The van der Waals surface area contributed by atoms with Crippen molar-refractivity contribution in [2.45, 2.75) is 31.3 Å². The van der Waals surface area contributed by atoms with E-state index in [2.05, 4.69) is 17.1 Å². The number of hydrogen-bond acceptors (Lipinski definition) is 2. The van der Waals surface area contributed by atoms with Crippen molar-refractivity contribution in [3.8, 4) is 0 Å². The van der Waals surface area contributed by atoms with Crippen LogP contribution in [0, 0.1) is 0 Å². The van der Waals surface area contributed by atoms with Crippen molar-refractivity contribution in [3.63, 3.8) is 0 Å². The molecule has 3 rings (SSSR count). The molecule has 3 heteroatoms. The van der Waals surface area contributed by atoms with Crippen molar-refractivity contribution >= 4 is 0 Å². The first kappa shape index (κ1) is 11.5. The van der Waals surface area contributed by atoms with E-state index in [1.165, 1.54) is 24.8 Å². The molecule has 0 bridgehead atoms. The molecular formula is C15H18N2O. The van der Waals surface area contributed by atoms with E-state index in [9.17, 15) is 5.11 Å². The van der Waals surface area contributed by atoms with Crippen LogP contribution in [0.2, 0.25) is 0 Å². The van der Waals surface area contributed by atoms with Crippen LogP contribution in [-0.2, 0) is 7.05 Å². The highest BCUT2D eigenvalue weighted by molar-refractivity contribution is 5.30. The van der Waals surface area contributed by atoms with Crippen LogP contribution in [0.1, 0.15) is 48.2 Å². The predicted molar refractivity (Wildman–Crippen MR) is 70.3 cm³/mol. The van der Waals surface area contributed by atoms with Crippen LogP contribution in [0.15, 0.2) is 36.7 Å². The summed E-state index contributed by atoms with van der Waals surface area (Å²) in [4.78, 5) is 4.19. The van der Waals surface area contributed by atoms with E-state index in [1.54, 1.807) is 6.20 Å². The van der Waals surface area contributed by atoms with Gasteiger partial charge in [0.2, 0.25) is 0 Å². The normalized spacial score (nSPS) is 17.4. The molecule has 0 amide bonds. The fourth-order valence-corrected chi connectivity index (χ4v) is 2.48. The SMILES string of the molecule is Cn1ccnc1C(O)c1ccc(C2CCC2)cc1. The van der Waals surface area contributed by atoms with Crippen molar-refractivity contribution < 1.29 is 5.11 Å². The van der Waals surface area contributed by atoms with Gasteiger partial charge in [-0.2, -0.15) is 0 Å². The molecule has 1 fully saturated rings. The second kappa shape index (κ2) is 4.58. The molecule has 0 saturated heterocycles. The number of aryl methyl sites for hydroxylation is 1. The molecule has 0 spiro atoms. The second-order valence-electron chi connectivity index (χ2n) is 5.09. The first-order valence-electron chi connectivity index (χ1n) is 6.51. The maximum Gasteiger partial charge on any atom is 0.142 e. The molecule has 1 heterocycles. The van der Waals surface area contributed by atoms with Crippen LogP contribution < -0.4 is 0 Å². The molecule has 94 valence electrons. The zero-order chi connectivity index (χ0) is 12.5. The Morgan fingerprint density at radius 2 is 2.00 bits per heavy atom.